The molecule has 3 rings (SSSR count). The molecule has 1 amide bonds. The number of fused-ring (bicyclic) bond motifs is 1. The molecule has 0 fully saturated rings. The van der Waals surface area contributed by atoms with Crippen LogP contribution in [0, 0.1) is 0 Å². The summed E-state index contributed by atoms with van der Waals surface area (Å²) >= 11 is 0. The highest BCUT2D eigenvalue weighted by Crippen LogP contribution is 2.17. The third-order valence-corrected chi connectivity index (χ3v) is 4.32. The number of nitrogens with one attached hydrogen (secondary N) is 3. The zero-order chi connectivity index (χ0) is 17.6. The molecule has 0 aliphatic carbocycles. The SMILES string of the molecule is C[C@@H](Cn1cccn1)N[C@H](C)C(=O)NCCc1c[nH]c2ccccc12. The molecule has 25 heavy (non-hydrogen) atoms. The van der Waals surface area contributed by atoms with Gasteiger partial charge in [0.1, 0.15) is 0 Å². The largest absolute Gasteiger partial charge is 0.361 e. The van der Waals surface area contributed by atoms with Crippen molar-refractivity contribution >= 4 is 16.8 Å². The number of carbonyl (C=O) groups excluding carboxylic acids is 1. The number of hydrogen-bond donors (Lipinski definition) is 3. The van der Waals surface area contributed by atoms with Gasteiger partial charge in [0.05, 0.1) is 12.6 Å². The van der Waals surface area contributed by atoms with Gasteiger partial charge in [0, 0.05) is 42.1 Å². The van der Waals surface area contributed by atoms with Crippen molar-refractivity contribution in [1.29, 1.82) is 0 Å². The summed E-state index contributed by atoms with van der Waals surface area (Å²) in [5.41, 5.74) is 2.36. The molecule has 0 radical (unpaired) electrons. The van der Waals surface area contributed by atoms with Crippen LogP contribution in [0.25, 0.3) is 10.9 Å². The van der Waals surface area contributed by atoms with Gasteiger partial charge in [0.2, 0.25) is 5.91 Å². The Balaban J connectivity index is 1.44. The molecule has 0 bridgehead atoms. The van der Waals surface area contributed by atoms with Crippen molar-refractivity contribution in [1.82, 2.24) is 25.4 Å². The average Bonchev–Trinajstić information content (AvgIpc) is 3.24. The van der Waals surface area contributed by atoms with Crippen molar-refractivity contribution in [3.63, 3.8) is 0 Å². The maximum atomic E-state index is 12.3. The number of hydrogen-bond acceptors (Lipinski definition) is 3. The van der Waals surface area contributed by atoms with E-state index < -0.39 is 0 Å². The third-order valence-electron chi connectivity index (χ3n) is 4.32. The predicted molar refractivity (Wildman–Crippen MR) is 99.3 cm³/mol. The highest BCUT2D eigenvalue weighted by molar-refractivity contribution is 5.83. The summed E-state index contributed by atoms with van der Waals surface area (Å²) in [7, 11) is 0. The minimum absolute atomic E-state index is 0.0205. The van der Waals surface area contributed by atoms with Crippen LogP contribution in [0.5, 0.6) is 0 Å². The van der Waals surface area contributed by atoms with E-state index in [0.717, 1.165) is 18.5 Å². The highest BCUT2D eigenvalue weighted by atomic mass is 16.2. The molecule has 6 heteroatoms. The van der Waals surface area contributed by atoms with E-state index >= 15 is 0 Å². The molecule has 132 valence electrons. The number of aromatic nitrogens is 3. The van der Waals surface area contributed by atoms with E-state index in [1.807, 2.05) is 42.2 Å². The Kier molecular flexibility index (Phi) is 5.50. The van der Waals surface area contributed by atoms with Crippen LogP contribution in [0.4, 0.5) is 0 Å². The van der Waals surface area contributed by atoms with E-state index in [1.54, 1.807) is 6.20 Å². The van der Waals surface area contributed by atoms with Crippen molar-refractivity contribution in [2.24, 2.45) is 0 Å². The Morgan fingerprint density at radius 2 is 2.12 bits per heavy atom. The maximum Gasteiger partial charge on any atom is 0.236 e. The smallest absolute Gasteiger partial charge is 0.236 e. The van der Waals surface area contributed by atoms with Crippen LogP contribution in [-0.2, 0) is 17.8 Å². The molecule has 3 aromatic rings. The van der Waals surface area contributed by atoms with Gasteiger partial charge in [-0.3, -0.25) is 9.48 Å². The van der Waals surface area contributed by atoms with Crippen molar-refractivity contribution in [3.8, 4) is 0 Å². The molecule has 0 unspecified atom stereocenters. The normalized spacial score (nSPS) is 13.7. The van der Waals surface area contributed by atoms with E-state index in [0.29, 0.717) is 6.54 Å². The van der Waals surface area contributed by atoms with Crippen LogP contribution < -0.4 is 10.6 Å². The van der Waals surface area contributed by atoms with Crippen LogP contribution in [-0.4, -0.2) is 39.3 Å². The van der Waals surface area contributed by atoms with Gasteiger partial charge >= 0.3 is 0 Å². The molecule has 0 saturated carbocycles. The van der Waals surface area contributed by atoms with Crippen LogP contribution in [0.15, 0.2) is 48.9 Å². The number of H-pyrrole nitrogens is 1. The van der Waals surface area contributed by atoms with Gasteiger partial charge in [0.25, 0.3) is 0 Å². The second-order valence-electron chi connectivity index (χ2n) is 6.42. The lowest BCUT2D eigenvalue weighted by Gasteiger charge is -2.19. The van der Waals surface area contributed by atoms with E-state index in [-0.39, 0.29) is 18.0 Å². The number of amides is 1. The molecular weight excluding hydrogens is 314 g/mol. The van der Waals surface area contributed by atoms with Gasteiger partial charge in [-0.1, -0.05) is 18.2 Å². The fourth-order valence-corrected chi connectivity index (χ4v) is 3.06. The first-order chi connectivity index (χ1) is 12.1. The molecule has 0 aliphatic heterocycles. The fourth-order valence-electron chi connectivity index (χ4n) is 3.06. The van der Waals surface area contributed by atoms with E-state index in [2.05, 4.69) is 39.8 Å². The second-order valence-corrected chi connectivity index (χ2v) is 6.42. The first-order valence-electron chi connectivity index (χ1n) is 8.69. The molecule has 0 saturated heterocycles. The van der Waals surface area contributed by atoms with Crippen molar-refractivity contribution in [3.05, 3.63) is 54.5 Å². The second kappa shape index (κ2) is 7.98. The molecule has 0 aliphatic rings. The summed E-state index contributed by atoms with van der Waals surface area (Å²) < 4.78 is 1.86. The summed E-state index contributed by atoms with van der Waals surface area (Å²) in [4.78, 5) is 15.5. The topological polar surface area (TPSA) is 74.7 Å². The first kappa shape index (κ1) is 17.2. The minimum atomic E-state index is -0.242. The number of benzene rings is 1. The van der Waals surface area contributed by atoms with Gasteiger partial charge in [-0.05, 0) is 38.0 Å². The predicted octanol–water partition coefficient (Wildman–Crippen LogP) is 2.09. The Labute approximate surface area is 147 Å². The first-order valence-corrected chi connectivity index (χ1v) is 8.69. The maximum absolute atomic E-state index is 12.3. The number of aromatic amines is 1. The zero-order valence-corrected chi connectivity index (χ0v) is 14.7. The van der Waals surface area contributed by atoms with Crippen molar-refractivity contribution in [2.45, 2.75) is 38.9 Å². The average molecular weight is 339 g/mol. The van der Waals surface area contributed by atoms with Gasteiger partial charge < -0.3 is 15.6 Å². The third kappa shape index (κ3) is 4.48. The van der Waals surface area contributed by atoms with Crippen molar-refractivity contribution in [2.75, 3.05) is 6.54 Å². The number of rotatable bonds is 8. The molecule has 2 heterocycles. The van der Waals surface area contributed by atoms with E-state index in [1.165, 1.54) is 10.9 Å². The summed E-state index contributed by atoms with van der Waals surface area (Å²) in [5.74, 6) is 0.0205. The van der Waals surface area contributed by atoms with Crippen LogP contribution in [0.3, 0.4) is 0 Å². The quantitative estimate of drug-likeness (QED) is 0.588. The number of carbonyl (C=O) groups is 1. The Hall–Kier alpha value is -2.60. The minimum Gasteiger partial charge on any atom is -0.361 e. The summed E-state index contributed by atoms with van der Waals surface area (Å²) in [5, 5.41) is 11.7. The molecule has 3 N–H and O–H groups in total. The monoisotopic (exact) mass is 339 g/mol. The Morgan fingerprint density at radius 1 is 1.28 bits per heavy atom. The van der Waals surface area contributed by atoms with Crippen LogP contribution in [0.2, 0.25) is 0 Å². The highest BCUT2D eigenvalue weighted by Gasteiger charge is 2.15. The lowest BCUT2D eigenvalue weighted by molar-refractivity contribution is -0.122. The summed E-state index contributed by atoms with van der Waals surface area (Å²) in [6.07, 6.45) is 6.51. The lowest BCUT2D eigenvalue weighted by atomic mass is 10.1. The zero-order valence-electron chi connectivity index (χ0n) is 14.7. The number of nitrogens with zero attached hydrogens (tertiary/aromatic N) is 2. The molecule has 2 atom stereocenters. The standard InChI is InChI=1S/C19H25N5O/c1-14(13-24-11-5-9-22-24)23-15(2)19(25)20-10-8-16-12-21-18-7-4-3-6-17(16)18/h3-7,9,11-12,14-15,21,23H,8,10,13H2,1-2H3,(H,20,25)/t14-,15+/m0/s1. The molecule has 2 aromatic heterocycles. The summed E-state index contributed by atoms with van der Waals surface area (Å²) in [6.45, 7) is 5.30. The lowest BCUT2D eigenvalue weighted by Crippen LogP contribution is -2.47. The van der Waals surface area contributed by atoms with Crippen LogP contribution in [0.1, 0.15) is 19.4 Å². The van der Waals surface area contributed by atoms with Gasteiger partial charge in [0.15, 0.2) is 0 Å². The van der Waals surface area contributed by atoms with Gasteiger partial charge in [-0.25, -0.2) is 0 Å². The van der Waals surface area contributed by atoms with Crippen molar-refractivity contribution < 1.29 is 4.79 Å². The number of para-hydroxylation sites is 1. The van der Waals surface area contributed by atoms with Crippen LogP contribution >= 0.6 is 0 Å². The Morgan fingerprint density at radius 3 is 2.92 bits per heavy atom. The van der Waals surface area contributed by atoms with E-state index in [9.17, 15) is 4.79 Å². The molecule has 1 aromatic carbocycles. The Bertz CT molecular complexity index is 808. The molecule has 6 nitrogen and oxygen atoms in total. The summed E-state index contributed by atoms with van der Waals surface area (Å²) in [6, 6.07) is 10.0. The fraction of sp³-hybridized carbons (Fsp3) is 0.368. The molecule has 0 spiro atoms. The van der Waals surface area contributed by atoms with E-state index in [4.69, 9.17) is 0 Å². The van der Waals surface area contributed by atoms with Gasteiger partial charge in [-0.15, -0.1) is 0 Å². The van der Waals surface area contributed by atoms with Gasteiger partial charge in [-0.2, -0.15) is 5.10 Å². The molecular formula is C19H25N5O.